The molecule has 0 saturated heterocycles. The Morgan fingerprint density at radius 1 is 1.06 bits per heavy atom. The van der Waals surface area contributed by atoms with Gasteiger partial charge in [-0.2, -0.15) is 5.21 Å². The quantitative estimate of drug-likeness (QED) is 0.353. The van der Waals surface area contributed by atoms with Crippen LogP contribution in [0.5, 0.6) is 0 Å². The van der Waals surface area contributed by atoms with Crippen LogP contribution in [0.15, 0.2) is 47.4 Å². The van der Waals surface area contributed by atoms with Crippen molar-refractivity contribution in [3.8, 4) is 22.6 Å². The van der Waals surface area contributed by atoms with Crippen molar-refractivity contribution in [1.29, 1.82) is 0 Å². The Hall–Kier alpha value is -3.55. The van der Waals surface area contributed by atoms with Crippen LogP contribution in [-0.4, -0.2) is 34.7 Å². The number of benzene rings is 1. The van der Waals surface area contributed by atoms with Gasteiger partial charge in [-0.05, 0) is 48.6 Å². The predicted octanol–water partition coefficient (Wildman–Crippen LogP) is 5.17. The number of hydrogen-bond donors (Lipinski definition) is 1. The summed E-state index contributed by atoms with van der Waals surface area (Å²) < 4.78 is 4.01. The molecule has 1 aromatic carbocycles. The average Bonchev–Trinajstić information content (AvgIpc) is 3.53. The molecule has 0 unspecified atom stereocenters. The number of H-pyrrole nitrogens is 1. The zero-order chi connectivity index (χ0) is 24.9. The van der Waals surface area contributed by atoms with Crippen molar-refractivity contribution in [3.05, 3.63) is 70.0 Å². The van der Waals surface area contributed by atoms with Crippen LogP contribution in [0.25, 0.3) is 22.6 Å². The molecule has 5 rings (SSSR count). The number of pyridine rings is 1. The van der Waals surface area contributed by atoms with Crippen LogP contribution in [0.2, 0.25) is 0 Å². The number of rotatable bonds is 9. The Bertz CT molecular complexity index is 1330. The maximum absolute atomic E-state index is 13.5. The number of aromatic amines is 1. The molecule has 4 aromatic rings. The number of tetrazole rings is 1. The van der Waals surface area contributed by atoms with Gasteiger partial charge in [0.25, 0.3) is 0 Å². The molecule has 0 spiro atoms. The van der Waals surface area contributed by atoms with E-state index in [0.29, 0.717) is 12.4 Å². The minimum atomic E-state index is 0.125. The third-order valence-electron chi connectivity index (χ3n) is 7.54. The number of aromatic nitrogens is 7. The molecule has 1 N–H and O–H groups in total. The molecule has 8 nitrogen and oxygen atoms in total. The Morgan fingerprint density at radius 2 is 1.86 bits per heavy atom. The van der Waals surface area contributed by atoms with Crippen LogP contribution in [-0.2, 0) is 19.5 Å². The summed E-state index contributed by atoms with van der Waals surface area (Å²) in [5.74, 6) is 1.28. The van der Waals surface area contributed by atoms with E-state index in [1.165, 1.54) is 37.8 Å². The van der Waals surface area contributed by atoms with Crippen LogP contribution in [0.1, 0.15) is 68.8 Å². The molecular formula is C28H35N7O. The van der Waals surface area contributed by atoms with E-state index in [-0.39, 0.29) is 5.69 Å². The molecule has 36 heavy (non-hydrogen) atoms. The minimum absolute atomic E-state index is 0.125. The molecule has 0 atom stereocenters. The summed E-state index contributed by atoms with van der Waals surface area (Å²) in [5, 5.41) is 14.4. The van der Waals surface area contributed by atoms with Crippen LogP contribution in [0.4, 0.5) is 0 Å². The Kier molecular flexibility index (Phi) is 7.39. The van der Waals surface area contributed by atoms with E-state index in [1.807, 2.05) is 21.3 Å². The largest absolute Gasteiger partial charge is 0.328 e. The normalized spacial score (nSPS) is 14.4. The maximum atomic E-state index is 13.5. The van der Waals surface area contributed by atoms with E-state index in [9.17, 15) is 4.79 Å². The molecule has 0 bridgehead atoms. The van der Waals surface area contributed by atoms with Crippen molar-refractivity contribution in [2.24, 2.45) is 5.92 Å². The van der Waals surface area contributed by atoms with Gasteiger partial charge in [-0.1, -0.05) is 69.7 Å². The van der Waals surface area contributed by atoms with Gasteiger partial charge in [-0.3, -0.25) is 14.1 Å². The summed E-state index contributed by atoms with van der Waals surface area (Å²) in [6, 6.07) is 12.1. The monoisotopic (exact) mass is 485 g/mol. The zero-order valence-electron chi connectivity index (χ0n) is 21.3. The molecular weight excluding hydrogens is 450 g/mol. The molecule has 1 aliphatic carbocycles. The highest BCUT2D eigenvalue weighted by atomic mass is 16.1. The fraction of sp³-hybridized carbons (Fsp3) is 0.464. The van der Waals surface area contributed by atoms with Crippen LogP contribution >= 0.6 is 0 Å². The number of nitrogens with zero attached hydrogens (tertiary/aromatic N) is 6. The van der Waals surface area contributed by atoms with E-state index in [0.717, 1.165) is 59.8 Å². The smallest absolute Gasteiger partial charge is 0.296 e. The Morgan fingerprint density at radius 3 is 2.58 bits per heavy atom. The van der Waals surface area contributed by atoms with Crippen molar-refractivity contribution in [1.82, 2.24) is 34.7 Å². The van der Waals surface area contributed by atoms with Gasteiger partial charge in [0, 0.05) is 35.3 Å². The maximum Gasteiger partial charge on any atom is 0.328 e. The molecule has 8 heteroatoms. The predicted molar refractivity (Wildman–Crippen MR) is 141 cm³/mol. The van der Waals surface area contributed by atoms with Gasteiger partial charge in [0.15, 0.2) is 0 Å². The van der Waals surface area contributed by atoms with Crippen molar-refractivity contribution in [2.75, 3.05) is 0 Å². The van der Waals surface area contributed by atoms with Crippen molar-refractivity contribution >= 4 is 0 Å². The first-order chi connectivity index (χ1) is 17.7. The summed E-state index contributed by atoms with van der Waals surface area (Å²) in [6.45, 7) is 5.70. The minimum Gasteiger partial charge on any atom is -0.296 e. The van der Waals surface area contributed by atoms with E-state index in [2.05, 4.69) is 63.7 Å². The van der Waals surface area contributed by atoms with Crippen molar-refractivity contribution in [3.63, 3.8) is 0 Å². The standard InChI is InChI=1S/C28H35N7O/c1-3-8-25-20(2)34(18-16-21-9-5-4-6-10-21)28(36)35(25)19-22-12-14-23(15-13-22)26-24(11-7-17-29-26)27-30-32-33-31-27/h7,11-15,17,21H,3-6,8-10,16,18-19H2,1-2H3,(H,30,31,32,33). The summed E-state index contributed by atoms with van der Waals surface area (Å²) in [7, 11) is 0. The molecule has 1 fully saturated rings. The second-order valence-corrected chi connectivity index (χ2v) is 9.93. The lowest BCUT2D eigenvalue weighted by Crippen LogP contribution is -2.27. The Balaban J connectivity index is 1.38. The second-order valence-electron chi connectivity index (χ2n) is 9.93. The first kappa shape index (κ1) is 24.2. The van der Waals surface area contributed by atoms with Crippen LogP contribution < -0.4 is 5.69 Å². The summed E-state index contributed by atoms with van der Waals surface area (Å²) in [6.07, 6.45) is 11.5. The lowest BCUT2D eigenvalue weighted by atomic mass is 9.87. The molecule has 3 heterocycles. The highest BCUT2D eigenvalue weighted by Crippen LogP contribution is 2.28. The van der Waals surface area contributed by atoms with E-state index >= 15 is 0 Å². The first-order valence-corrected chi connectivity index (χ1v) is 13.2. The summed E-state index contributed by atoms with van der Waals surface area (Å²) in [5.41, 5.74) is 6.12. The van der Waals surface area contributed by atoms with Gasteiger partial charge < -0.3 is 0 Å². The molecule has 0 radical (unpaired) electrons. The van der Waals surface area contributed by atoms with E-state index < -0.39 is 0 Å². The second kappa shape index (κ2) is 11.0. The number of imidazole rings is 1. The third-order valence-corrected chi connectivity index (χ3v) is 7.54. The van der Waals surface area contributed by atoms with E-state index in [4.69, 9.17) is 0 Å². The van der Waals surface area contributed by atoms with Gasteiger partial charge in [-0.25, -0.2) is 4.79 Å². The van der Waals surface area contributed by atoms with Gasteiger partial charge in [-0.15, -0.1) is 10.2 Å². The third kappa shape index (κ3) is 5.03. The zero-order valence-corrected chi connectivity index (χ0v) is 21.3. The van der Waals surface area contributed by atoms with Gasteiger partial charge in [0.2, 0.25) is 5.82 Å². The van der Waals surface area contributed by atoms with Crippen LogP contribution in [0.3, 0.4) is 0 Å². The van der Waals surface area contributed by atoms with Gasteiger partial charge >= 0.3 is 5.69 Å². The van der Waals surface area contributed by atoms with Crippen molar-refractivity contribution < 1.29 is 0 Å². The molecule has 1 aliphatic rings. The lowest BCUT2D eigenvalue weighted by Gasteiger charge is -2.21. The SMILES string of the molecule is CCCc1c(C)n(CCC2CCCCC2)c(=O)n1Cc1ccc(-c2ncccc2-c2nn[nH]n2)cc1. The summed E-state index contributed by atoms with van der Waals surface area (Å²) in [4.78, 5) is 18.1. The highest BCUT2D eigenvalue weighted by molar-refractivity contribution is 5.76. The van der Waals surface area contributed by atoms with Gasteiger partial charge in [0.05, 0.1) is 12.2 Å². The number of nitrogens with one attached hydrogen (secondary N) is 1. The Labute approximate surface area is 211 Å². The first-order valence-electron chi connectivity index (χ1n) is 13.2. The highest BCUT2D eigenvalue weighted by Gasteiger charge is 2.19. The molecule has 0 aliphatic heterocycles. The van der Waals surface area contributed by atoms with Gasteiger partial charge in [0.1, 0.15) is 0 Å². The molecule has 0 amide bonds. The topological polar surface area (TPSA) is 94.3 Å². The average molecular weight is 486 g/mol. The number of hydrogen-bond acceptors (Lipinski definition) is 5. The lowest BCUT2D eigenvalue weighted by molar-refractivity contribution is 0.321. The molecule has 3 aromatic heterocycles. The fourth-order valence-electron chi connectivity index (χ4n) is 5.56. The van der Waals surface area contributed by atoms with Crippen molar-refractivity contribution in [2.45, 2.75) is 78.3 Å². The molecule has 188 valence electrons. The van der Waals surface area contributed by atoms with Crippen LogP contribution in [0, 0.1) is 12.8 Å². The van der Waals surface area contributed by atoms with E-state index in [1.54, 1.807) is 6.20 Å². The fourth-order valence-corrected chi connectivity index (χ4v) is 5.56. The molecule has 1 saturated carbocycles. The summed E-state index contributed by atoms with van der Waals surface area (Å²) >= 11 is 0.